The molecule has 0 aromatic heterocycles. The second-order valence-corrected chi connectivity index (χ2v) is 3.60. The van der Waals surface area contributed by atoms with Gasteiger partial charge in [-0.1, -0.05) is 0 Å². The number of nitrogens with zero attached hydrogens (tertiary/aromatic N) is 1. The highest BCUT2D eigenvalue weighted by molar-refractivity contribution is 7.95. The third-order valence-electron chi connectivity index (χ3n) is 1.85. The highest BCUT2D eigenvalue weighted by Crippen LogP contribution is 2.25. The van der Waals surface area contributed by atoms with Crippen molar-refractivity contribution in [2.45, 2.75) is 0 Å². The lowest BCUT2D eigenvalue weighted by molar-refractivity contribution is -0.384. The smallest absolute Gasteiger partial charge is 0.293 e. The van der Waals surface area contributed by atoms with E-state index in [1.807, 2.05) is 0 Å². The first kappa shape index (κ1) is 12.3. The van der Waals surface area contributed by atoms with E-state index in [1.165, 1.54) is 19.2 Å². The third-order valence-corrected chi connectivity index (χ3v) is 2.39. The SMILES string of the molecule is CNc1ccc(C(=O)S(=O)[O-])cc1[N+](=O)[O-]. The van der Waals surface area contributed by atoms with Gasteiger partial charge in [0, 0.05) is 29.8 Å². The van der Waals surface area contributed by atoms with E-state index in [4.69, 9.17) is 0 Å². The first-order valence-corrected chi connectivity index (χ1v) is 5.14. The number of nitro benzene ring substituents is 1. The quantitative estimate of drug-likeness (QED) is 0.474. The van der Waals surface area contributed by atoms with Gasteiger partial charge in [-0.2, -0.15) is 0 Å². The minimum absolute atomic E-state index is 0.207. The van der Waals surface area contributed by atoms with Crippen LogP contribution in [0.25, 0.3) is 0 Å². The van der Waals surface area contributed by atoms with Gasteiger partial charge < -0.3 is 9.87 Å². The predicted octanol–water partition coefficient (Wildman–Crippen LogP) is 0.656. The van der Waals surface area contributed by atoms with E-state index in [1.54, 1.807) is 0 Å². The topological polar surface area (TPSA) is 112 Å². The molecule has 16 heavy (non-hydrogen) atoms. The molecule has 0 aliphatic carbocycles. The van der Waals surface area contributed by atoms with Gasteiger partial charge in [0.2, 0.25) is 5.12 Å². The first-order chi connectivity index (χ1) is 7.47. The number of carbonyl (C=O) groups excluding carboxylic acids is 1. The minimum atomic E-state index is -2.92. The average molecular weight is 243 g/mol. The largest absolute Gasteiger partial charge is 0.766 e. The molecule has 0 saturated carbocycles. The Balaban J connectivity index is 3.27. The van der Waals surface area contributed by atoms with Crippen LogP contribution in [0.1, 0.15) is 10.4 Å². The summed E-state index contributed by atoms with van der Waals surface area (Å²) in [4.78, 5) is 21.0. The lowest BCUT2D eigenvalue weighted by Gasteiger charge is -2.06. The standard InChI is InChI=1S/C8H8N2O5S/c1-9-6-3-2-5(8(11)16(14)15)4-7(6)10(12)13/h2-4,9H,1H3,(H,14,15)/p-1. The molecule has 7 nitrogen and oxygen atoms in total. The van der Waals surface area contributed by atoms with Gasteiger partial charge in [-0.15, -0.1) is 0 Å². The zero-order chi connectivity index (χ0) is 12.3. The molecule has 1 N–H and O–H groups in total. The molecule has 8 heteroatoms. The number of benzene rings is 1. The van der Waals surface area contributed by atoms with Crippen LogP contribution in [-0.4, -0.2) is 25.8 Å². The molecule has 0 saturated heterocycles. The number of rotatable bonds is 3. The molecule has 1 atom stereocenters. The average Bonchev–Trinajstić information content (AvgIpc) is 2.26. The molecular formula is C8H7N2O5S-. The van der Waals surface area contributed by atoms with Gasteiger partial charge in [-0.05, 0) is 12.1 Å². The number of carbonyl (C=O) groups is 1. The van der Waals surface area contributed by atoms with Crippen molar-refractivity contribution in [2.24, 2.45) is 0 Å². The molecule has 0 radical (unpaired) electrons. The van der Waals surface area contributed by atoms with Crippen molar-refractivity contribution in [3.63, 3.8) is 0 Å². The number of hydrogen-bond acceptors (Lipinski definition) is 6. The van der Waals surface area contributed by atoms with Crippen LogP contribution in [0.15, 0.2) is 18.2 Å². The molecule has 1 unspecified atom stereocenters. The Morgan fingerprint density at radius 2 is 2.12 bits per heavy atom. The van der Waals surface area contributed by atoms with Gasteiger partial charge in [-0.25, -0.2) is 0 Å². The highest BCUT2D eigenvalue weighted by Gasteiger charge is 2.16. The number of nitrogens with one attached hydrogen (secondary N) is 1. The van der Waals surface area contributed by atoms with Crippen LogP contribution in [-0.2, 0) is 11.1 Å². The summed E-state index contributed by atoms with van der Waals surface area (Å²) in [5.74, 6) is 0. The zero-order valence-corrected chi connectivity index (χ0v) is 8.95. The van der Waals surface area contributed by atoms with Crippen molar-refractivity contribution in [3.05, 3.63) is 33.9 Å². The Labute approximate surface area is 92.9 Å². The summed E-state index contributed by atoms with van der Waals surface area (Å²) in [6.07, 6.45) is 0. The molecule has 0 bridgehead atoms. The van der Waals surface area contributed by atoms with Crippen LogP contribution in [0.4, 0.5) is 11.4 Å². The van der Waals surface area contributed by atoms with Gasteiger partial charge in [0.15, 0.2) is 0 Å². The van der Waals surface area contributed by atoms with Crippen LogP contribution < -0.4 is 5.32 Å². The molecule has 1 rings (SSSR count). The Morgan fingerprint density at radius 1 is 1.50 bits per heavy atom. The molecule has 0 aliphatic heterocycles. The van der Waals surface area contributed by atoms with Gasteiger partial charge >= 0.3 is 0 Å². The summed E-state index contributed by atoms with van der Waals surface area (Å²) < 4.78 is 20.8. The van der Waals surface area contributed by atoms with E-state index in [2.05, 4.69) is 5.32 Å². The van der Waals surface area contributed by atoms with Crippen molar-refractivity contribution in [2.75, 3.05) is 12.4 Å². The maximum Gasteiger partial charge on any atom is 0.293 e. The van der Waals surface area contributed by atoms with Gasteiger partial charge in [-0.3, -0.25) is 19.1 Å². The third kappa shape index (κ3) is 2.41. The van der Waals surface area contributed by atoms with Crippen molar-refractivity contribution >= 4 is 27.6 Å². The molecular weight excluding hydrogens is 236 g/mol. The van der Waals surface area contributed by atoms with Gasteiger partial charge in [0.1, 0.15) is 5.69 Å². The van der Waals surface area contributed by atoms with Crippen LogP contribution in [0.2, 0.25) is 0 Å². The summed E-state index contributed by atoms with van der Waals surface area (Å²) in [7, 11) is 1.48. The fourth-order valence-electron chi connectivity index (χ4n) is 1.12. The lowest BCUT2D eigenvalue weighted by Crippen LogP contribution is -2.07. The van der Waals surface area contributed by atoms with E-state index in [9.17, 15) is 23.7 Å². The molecule has 0 spiro atoms. The normalized spacial score (nSPS) is 11.9. The van der Waals surface area contributed by atoms with Crippen molar-refractivity contribution in [1.82, 2.24) is 0 Å². The monoisotopic (exact) mass is 243 g/mol. The molecule has 0 aliphatic rings. The Hall–Kier alpha value is -1.80. The summed E-state index contributed by atoms with van der Waals surface area (Å²) in [6, 6.07) is 3.40. The van der Waals surface area contributed by atoms with Crippen LogP contribution >= 0.6 is 0 Å². The summed E-state index contributed by atoms with van der Waals surface area (Å²) in [5, 5.41) is 12.0. The fraction of sp³-hybridized carbons (Fsp3) is 0.125. The predicted molar refractivity (Wildman–Crippen MR) is 55.9 cm³/mol. The number of nitro groups is 1. The van der Waals surface area contributed by atoms with Gasteiger partial charge in [0.05, 0.1) is 4.92 Å². The maximum atomic E-state index is 11.1. The lowest BCUT2D eigenvalue weighted by atomic mass is 10.2. The summed E-state index contributed by atoms with van der Waals surface area (Å²) in [5.41, 5.74) is -0.379. The van der Waals surface area contributed by atoms with Crippen LogP contribution in [0, 0.1) is 10.1 Å². The van der Waals surface area contributed by atoms with E-state index in [0.29, 0.717) is 0 Å². The first-order valence-electron chi connectivity index (χ1n) is 4.07. The molecule has 0 heterocycles. The van der Waals surface area contributed by atoms with Crippen LogP contribution in [0.3, 0.4) is 0 Å². The van der Waals surface area contributed by atoms with E-state index < -0.39 is 21.1 Å². The van der Waals surface area contributed by atoms with Crippen molar-refractivity contribution in [3.8, 4) is 0 Å². The van der Waals surface area contributed by atoms with Gasteiger partial charge in [0.25, 0.3) is 5.69 Å². The zero-order valence-electron chi connectivity index (χ0n) is 8.13. The molecule has 1 aromatic carbocycles. The van der Waals surface area contributed by atoms with E-state index >= 15 is 0 Å². The number of anilines is 1. The molecule has 0 amide bonds. The van der Waals surface area contributed by atoms with E-state index in [-0.39, 0.29) is 16.9 Å². The summed E-state index contributed by atoms with van der Waals surface area (Å²) in [6.45, 7) is 0. The summed E-state index contributed by atoms with van der Waals surface area (Å²) >= 11 is -2.92. The Bertz CT molecular complexity index is 473. The molecule has 0 fully saturated rings. The Kier molecular flexibility index (Phi) is 3.69. The van der Waals surface area contributed by atoms with Crippen LogP contribution in [0.5, 0.6) is 0 Å². The molecule has 1 aromatic rings. The highest BCUT2D eigenvalue weighted by atomic mass is 32.2. The Morgan fingerprint density at radius 3 is 2.56 bits per heavy atom. The van der Waals surface area contributed by atoms with E-state index in [0.717, 1.165) is 6.07 Å². The number of hydrogen-bond donors (Lipinski definition) is 1. The maximum absolute atomic E-state index is 11.1. The minimum Gasteiger partial charge on any atom is -0.766 e. The van der Waals surface area contributed by atoms with Crippen molar-refractivity contribution in [1.29, 1.82) is 0 Å². The molecule has 86 valence electrons. The fourth-order valence-corrected chi connectivity index (χ4v) is 1.44. The van der Waals surface area contributed by atoms with Crippen molar-refractivity contribution < 1.29 is 18.5 Å². The second-order valence-electron chi connectivity index (χ2n) is 2.76. The second kappa shape index (κ2) is 4.81.